The molecule has 0 saturated heterocycles. The Balaban J connectivity index is 0. The minimum atomic E-state index is -0.782. The topological polar surface area (TPSA) is 202 Å². The molecule has 0 aliphatic rings. The van der Waals surface area contributed by atoms with Crippen LogP contribution in [0.1, 0.15) is 60.8 Å². The first-order chi connectivity index (χ1) is 21.6. The number of carboxylic acid groups (broad SMARTS) is 1. The van der Waals surface area contributed by atoms with E-state index in [-0.39, 0.29) is 77.8 Å². The molecule has 258 valence electrons. The SMILES string of the molecule is C[C@@H](CC(=O)NC(=O)OC(C)(C)C)Nc1ccccc1.C[C@@H](CC(=O)O)Nc1ccccc1.C[C@@H](CC(N)=O)Nc1ccccc1.[Na+].[OH-]. The average Bonchev–Trinajstić information content (AvgIpc) is 2.93. The zero-order valence-corrected chi connectivity index (χ0v) is 31.0. The number of rotatable bonds is 12. The van der Waals surface area contributed by atoms with Gasteiger partial charge in [-0.1, -0.05) is 54.6 Å². The fourth-order valence-electron chi connectivity index (χ4n) is 3.92. The van der Waals surface area contributed by atoms with Crippen LogP contribution in [0.15, 0.2) is 91.0 Å². The van der Waals surface area contributed by atoms with Crippen LogP contribution in [0.2, 0.25) is 0 Å². The van der Waals surface area contributed by atoms with Gasteiger partial charge >= 0.3 is 41.6 Å². The maximum Gasteiger partial charge on any atom is 1.00 e. The fraction of sp³-hybridized carbons (Fsp3) is 0.371. The number of primary amides is 1. The number of anilines is 3. The molecule has 3 amide bonds. The van der Waals surface area contributed by atoms with E-state index in [0.29, 0.717) is 6.42 Å². The third-order valence-corrected chi connectivity index (χ3v) is 5.68. The third kappa shape index (κ3) is 25.0. The summed E-state index contributed by atoms with van der Waals surface area (Å²) >= 11 is 0. The number of amides is 3. The van der Waals surface area contributed by atoms with Crippen molar-refractivity contribution in [2.75, 3.05) is 16.0 Å². The first kappa shape index (κ1) is 46.0. The predicted octanol–water partition coefficient (Wildman–Crippen LogP) is 3.08. The molecule has 0 radical (unpaired) electrons. The molecule has 0 fully saturated rings. The number of ether oxygens (including phenoxy) is 1. The van der Waals surface area contributed by atoms with Gasteiger partial charge in [-0.3, -0.25) is 19.7 Å². The molecule has 0 aliphatic heterocycles. The van der Waals surface area contributed by atoms with E-state index in [1.165, 1.54) is 0 Å². The number of nitrogens with one attached hydrogen (secondary N) is 4. The molecule has 0 aromatic heterocycles. The smallest absolute Gasteiger partial charge is 0.870 e. The molecule has 0 unspecified atom stereocenters. The number of hydrogen-bond acceptors (Lipinski definition) is 9. The number of alkyl carbamates (subject to hydrolysis) is 1. The number of aliphatic carboxylic acids is 1. The summed E-state index contributed by atoms with van der Waals surface area (Å²) in [6.07, 6.45) is -0.0350. The summed E-state index contributed by atoms with van der Waals surface area (Å²) in [5.41, 5.74) is 7.36. The zero-order chi connectivity index (χ0) is 34.5. The molecular weight excluding hydrogens is 625 g/mol. The standard InChI is InChI=1S/C15H22N2O3.C10H14N2O.C10H13NO2.Na.H2O/c1-11(16-12-8-6-5-7-9-12)10-13(18)17-14(19)20-15(2,3)4;1-8(7-10(11)13)12-9-5-3-2-4-6-9;1-8(7-10(12)13)11-9-5-3-2-4-6-9;;/h5-9,11,16H,10H2,1-4H3,(H,17,18,19);2-6,8,12H,7H2,1H3,(H2,11,13);2-6,8,11H,7H2,1H3,(H,12,13);;1H2/q;;;+1;/p-1/t11-;2*8-;;/m000../s1. The third-order valence-electron chi connectivity index (χ3n) is 5.68. The Morgan fingerprint density at radius 2 is 1.00 bits per heavy atom. The molecule has 0 spiro atoms. The van der Waals surface area contributed by atoms with Gasteiger partial charge < -0.3 is 37.0 Å². The van der Waals surface area contributed by atoms with E-state index >= 15 is 0 Å². The van der Waals surface area contributed by atoms with Crippen molar-refractivity contribution in [3.8, 4) is 0 Å². The Bertz CT molecular complexity index is 1270. The van der Waals surface area contributed by atoms with Crippen LogP contribution in [0.5, 0.6) is 0 Å². The van der Waals surface area contributed by atoms with Crippen LogP contribution in [0, 0.1) is 0 Å². The van der Waals surface area contributed by atoms with Crippen LogP contribution in [-0.2, 0) is 19.1 Å². The van der Waals surface area contributed by atoms with Gasteiger partial charge in [0.15, 0.2) is 0 Å². The summed E-state index contributed by atoms with van der Waals surface area (Å²) in [4.78, 5) is 44.1. The van der Waals surface area contributed by atoms with Gasteiger partial charge in [-0.05, 0) is 77.9 Å². The van der Waals surface area contributed by atoms with Crippen LogP contribution in [-0.4, -0.2) is 58.2 Å². The molecule has 3 aromatic rings. The molecule has 0 heterocycles. The predicted molar refractivity (Wildman–Crippen MR) is 186 cm³/mol. The molecule has 0 saturated carbocycles. The van der Waals surface area contributed by atoms with E-state index in [1.54, 1.807) is 20.8 Å². The van der Waals surface area contributed by atoms with Gasteiger partial charge in [0, 0.05) is 48.0 Å². The van der Waals surface area contributed by atoms with E-state index in [1.807, 2.05) is 112 Å². The van der Waals surface area contributed by atoms with Crippen LogP contribution in [0.25, 0.3) is 0 Å². The van der Waals surface area contributed by atoms with E-state index in [2.05, 4.69) is 21.3 Å². The second-order valence-electron chi connectivity index (χ2n) is 11.8. The van der Waals surface area contributed by atoms with E-state index in [4.69, 9.17) is 15.6 Å². The van der Waals surface area contributed by atoms with Gasteiger partial charge in [0.2, 0.25) is 11.8 Å². The van der Waals surface area contributed by atoms with Crippen molar-refractivity contribution in [3.63, 3.8) is 0 Å². The van der Waals surface area contributed by atoms with Gasteiger partial charge in [-0.2, -0.15) is 0 Å². The summed E-state index contributed by atoms with van der Waals surface area (Å²) < 4.78 is 5.02. The number of carboxylic acids is 1. The Morgan fingerprint density at radius 1 is 0.667 bits per heavy atom. The van der Waals surface area contributed by atoms with Crippen molar-refractivity contribution in [3.05, 3.63) is 91.0 Å². The Kier molecular flexibility index (Phi) is 24.0. The molecule has 12 nitrogen and oxygen atoms in total. The largest absolute Gasteiger partial charge is 1.00 e. The first-order valence-electron chi connectivity index (χ1n) is 15.1. The van der Waals surface area contributed by atoms with Gasteiger partial charge in [0.25, 0.3) is 0 Å². The minimum absolute atomic E-state index is 0. The molecule has 48 heavy (non-hydrogen) atoms. The van der Waals surface area contributed by atoms with Crippen LogP contribution in [0.4, 0.5) is 21.9 Å². The second-order valence-corrected chi connectivity index (χ2v) is 11.8. The zero-order valence-electron chi connectivity index (χ0n) is 29.0. The quantitative estimate of drug-likeness (QED) is 0.155. The van der Waals surface area contributed by atoms with Gasteiger partial charge in [-0.25, -0.2) is 4.79 Å². The average molecular weight is 676 g/mol. The van der Waals surface area contributed by atoms with Crippen molar-refractivity contribution in [2.24, 2.45) is 5.73 Å². The van der Waals surface area contributed by atoms with E-state index in [0.717, 1.165) is 17.1 Å². The molecule has 3 rings (SSSR count). The summed E-state index contributed by atoms with van der Waals surface area (Å²) in [5.74, 6) is -1.43. The summed E-state index contributed by atoms with van der Waals surface area (Å²) in [5, 5.41) is 20.2. The molecule has 8 N–H and O–H groups in total. The summed E-state index contributed by atoms with van der Waals surface area (Å²) in [6.45, 7) is 10.9. The first-order valence-corrected chi connectivity index (χ1v) is 15.1. The molecule has 0 aliphatic carbocycles. The van der Waals surface area contributed by atoms with Gasteiger partial charge in [0.1, 0.15) is 5.60 Å². The van der Waals surface area contributed by atoms with Gasteiger partial charge in [0.05, 0.1) is 6.42 Å². The van der Waals surface area contributed by atoms with Crippen molar-refractivity contribution >= 4 is 40.9 Å². The van der Waals surface area contributed by atoms with Crippen LogP contribution >= 0.6 is 0 Å². The van der Waals surface area contributed by atoms with E-state index < -0.39 is 17.7 Å². The van der Waals surface area contributed by atoms with E-state index in [9.17, 15) is 19.2 Å². The molecule has 3 atom stereocenters. The Morgan fingerprint density at radius 3 is 1.31 bits per heavy atom. The summed E-state index contributed by atoms with van der Waals surface area (Å²) in [6, 6.07) is 28.9. The minimum Gasteiger partial charge on any atom is -0.870 e. The van der Waals surface area contributed by atoms with Crippen LogP contribution in [0.3, 0.4) is 0 Å². The number of carbonyl (C=O) groups is 4. The Labute approximate surface area is 306 Å². The molecular formula is C35H50N5NaO7. The molecule has 3 aromatic carbocycles. The number of benzene rings is 3. The monoisotopic (exact) mass is 675 g/mol. The number of carbonyl (C=O) groups excluding carboxylic acids is 3. The molecule has 13 heteroatoms. The fourth-order valence-corrected chi connectivity index (χ4v) is 3.92. The number of hydrogen-bond donors (Lipinski definition) is 6. The normalized spacial score (nSPS) is 11.7. The second kappa shape index (κ2) is 25.0. The Hall–Kier alpha value is -4.10. The van der Waals surface area contributed by atoms with Crippen molar-refractivity contribution < 1.29 is 64.1 Å². The number of nitrogens with two attached hydrogens (primary N) is 1. The maximum absolute atomic E-state index is 11.7. The number of para-hydroxylation sites is 3. The number of imide groups is 1. The van der Waals surface area contributed by atoms with Crippen LogP contribution < -0.4 is 56.6 Å². The van der Waals surface area contributed by atoms with Crippen molar-refractivity contribution in [2.45, 2.75) is 84.5 Å². The van der Waals surface area contributed by atoms with Crippen molar-refractivity contribution in [1.29, 1.82) is 0 Å². The maximum atomic E-state index is 11.7. The molecule has 0 bridgehead atoms. The van der Waals surface area contributed by atoms with Crippen molar-refractivity contribution in [1.82, 2.24) is 5.32 Å². The summed E-state index contributed by atoms with van der Waals surface area (Å²) in [7, 11) is 0. The van der Waals surface area contributed by atoms with Gasteiger partial charge in [-0.15, -0.1) is 0 Å².